The van der Waals surface area contributed by atoms with E-state index < -0.39 is 6.04 Å². The lowest BCUT2D eigenvalue weighted by Crippen LogP contribution is -2.49. The van der Waals surface area contributed by atoms with E-state index in [9.17, 15) is 14.4 Å². The highest BCUT2D eigenvalue weighted by molar-refractivity contribution is 6.01. The fourth-order valence-electron chi connectivity index (χ4n) is 3.62. The minimum Gasteiger partial charge on any atom is -0.333 e. The molecular formula is C21H28N4O3. The number of carbonyl (C=O) groups is 3. The number of hydrogen-bond donors (Lipinski definition) is 2. The molecule has 2 heterocycles. The molecule has 28 heavy (non-hydrogen) atoms. The maximum absolute atomic E-state index is 12.9. The van der Waals surface area contributed by atoms with Crippen molar-refractivity contribution >= 4 is 17.8 Å². The van der Waals surface area contributed by atoms with Gasteiger partial charge >= 0.3 is 6.03 Å². The second-order valence-corrected chi connectivity index (χ2v) is 8.56. The summed E-state index contributed by atoms with van der Waals surface area (Å²) in [6, 6.07) is 4.89. The smallest absolute Gasteiger partial charge is 0.317 e. The van der Waals surface area contributed by atoms with Crippen LogP contribution in [0.2, 0.25) is 0 Å². The van der Waals surface area contributed by atoms with Crippen LogP contribution < -0.4 is 10.6 Å². The number of carbonyl (C=O) groups excluding carboxylic acids is 3. The number of fused-ring (bicyclic) bond motifs is 1. The van der Waals surface area contributed by atoms with Crippen LogP contribution in [0.3, 0.4) is 0 Å². The molecule has 7 nitrogen and oxygen atoms in total. The molecule has 0 aliphatic carbocycles. The Morgan fingerprint density at radius 2 is 2.07 bits per heavy atom. The summed E-state index contributed by atoms with van der Waals surface area (Å²) in [6.07, 6.45) is 1.24. The fourth-order valence-corrected chi connectivity index (χ4v) is 3.62. The van der Waals surface area contributed by atoms with Crippen LogP contribution in [0.25, 0.3) is 0 Å². The fraction of sp³-hybridized carbons (Fsp3) is 0.476. The van der Waals surface area contributed by atoms with Crippen molar-refractivity contribution < 1.29 is 14.4 Å². The summed E-state index contributed by atoms with van der Waals surface area (Å²) in [7, 11) is 1.73. The molecule has 1 aromatic carbocycles. The summed E-state index contributed by atoms with van der Waals surface area (Å²) in [5.74, 6) is -0.313. The van der Waals surface area contributed by atoms with Gasteiger partial charge in [0.1, 0.15) is 6.04 Å². The molecule has 1 aromatic rings. The lowest BCUT2D eigenvalue weighted by molar-refractivity contribution is -0.126. The lowest BCUT2D eigenvalue weighted by atomic mass is 10.0. The van der Waals surface area contributed by atoms with Gasteiger partial charge in [0.25, 0.3) is 5.91 Å². The van der Waals surface area contributed by atoms with Crippen molar-refractivity contribution in [2.24, 2.45) is 0 Å². The monoisotopic (exact) mass is 384 g/mol. The highest BCUT2D eigenvalue weighted by atomic mass is 16.2. The van der Waals surface area contributed by atoms with Gasteiger partial charge in [-0.3, -0.25) is 9.59 Å². The maximum Gasteiger partial charge on any atom is 0.317 e. The van der Waals surface area contributed by atoms with Crippen LogP contribution in [0.5, 0.6) is 0 Å². The van der Waals surface area contributed by atoms with Crippen molar-refractivity contribution in [2.75, 3.05) is 7.05 Å². The molecule has 150 valence electrons. The molecular weight excluding hydrogens is 356 g/mol. The first-order valence-electron chi connectivity index (χ1n) is 9.50. The molecule has 2 aliphatic rings. The first kappa shape index (κ1) is 19.9. The first-order valence-corrected chi connectivity index (χ1v) is 9.50. The van der Waals surface area contributed by atoms with Gasteiger partial charge in [0.05, 0.1) is 0 Å². The normalized spacial score (nSPS) is 19.4. The zero-order valence-electron chi connectivity index (χ0n) is 17.0. The van der Waals surface area contributed by atoms with E-state index in [1.54, 1.807) is 22.9 Å². The molecule has 0 saturated carbocycles. The predicted octanol–water partition coefficient (Wildman–Crippen LogP) is 2.37. The van der Waals surface area contributed by atoms with Crippen LogP contribution in [0.4, 0.5) is 4.79 Å². The third-order valence-electron chi connectivity index (χ3n) is 5.03. The molecule has 0 bridgehead atoms. The molecule has 1 atom stereocenters. The highest BCUT2D eigenvalue weighted by Crippen LogP contribution is 2.31. The average molecular weight is 384 g/mol. The molecule has 0 spiro atoms. The van der Waals surface area contributed by atoms with Gasteiger partial charge in [-0.1, -0.05) is 18.7 Å². The standard InChI is InChI=1S/C21H28N4O3/c1-13-9-10-17(18(26)22-13)25-12-16-14(7-6-8-15(16)19(25)27)11-24(5)20(28)23-21(2,3)4/h6-8,17H,1,9-12H2,2-5H3,(H,22,26)(H,23,28). The van der Waals surface area contributed by atoms with Gasteiger partial charge in [-0.05, 0) is 50.8 Å². The molecule has 1 fully saturated rings. The Morgan fingerprint density at radius 3 is 2.71 bits per heavy atom. The Bertz CT molecular complexity index is 841. The van der Waals surface area contributed by atoms with Crippen LogP contribution >= 0.6 is 0 Å². The van der Waals surface area contributed by atoms with Crippen molar-refractivity contribution in [3.63, 3.8) is 0 Å². The second kappa shape index (κ2) is 7.30. The van der Waals surface area contributed by atoms with Crippen molar-refractivity contribution in [3.8, 4) is 0 Å². The quantitative estimate of drug-likeness (QED) is 0.839. The van der Waals surface area contributed by atoms with E-state index in [-0.39, 0.29) is 23.4 Å². The molecule has 7 heteroatoms. The molecule has 0 radical (unpaired) electrons. The van der Waals surface area contributed by atoms with E-state index in [1.165, 1.54) is 0 Å². The topological polar surface area (TPSA) is 81.8 Å². The van der Waals surface area contributed by atoms with E-state index in [0.717, 1.165) is 11.1 Å². The van der Waals surface area contributed by atoms with Crippen molar-refractivity contribution in [2.45, 2.75) is 58.3 Å². The summed E-state index contributed by atoms with van der Waals surface area (Å²) < 4.78 is 0. The Hall–Kier alpha value is -2.83. The Morgan fingerprint density at radius 1 is 1.36 bits per heavy atom. The molecule has 3 rings (SSSR count). The van der Waals surface area contributed by atoms with Crippen LogP contribution in [0.1, 0.15) is 55.1 Å². The average Bonchev–Trinajstić information content (AvgIpc) is 2.91. The highest BCUT2D eigenvalue weighted by Gasteiger charge is 2.39. The number of rotatable bonds is 3. The van der Waals surface area contributed by atoms with E-state index in [1.807, 2.05) is 32.9 Å². The predicted molar refractivity (Wildman–Crippen MR) is 106 cm³/mol. The Labute approximate surface area is 165 Å². The lowest BCUT2D eigenvalue weighted by Gasteiger charge is -2.31. The molecule has 1 unspecified atom stereocenters. The van der Waals surface area contributed by atoms with Crippen LogP contribution in [0.15, 0.2) is 30.5 Å². The SMILES string of the molecule is C=C1CCC(N2Cc3c(CN(C)C(=O)NC(C)(C)C)cccc3C2=O)C(=O)N1. The third-order valence-corrected chi connectivity index (χ3v) is 5.03. The maximum atomic E-state index is 12.9. The largest absolute Gasteiger partial charge is 0.333 e. The van der Waals surface area contributed by atoms with Gasteiger partial charge in [-0.2, -0.15) is 0 Å². The van der Waals surface area contributed by atoms with Gasteiger partial charge in [0.15, 0.2) is 0 Å². The van der Waals surface area contributed by atoms with E-state index in [4.69, 9.17) is 0 Å². The molecule has 2 N–H and O–H groups in total. The number of amides is 4. The molecule has 0 aromatic heterocycles. The Balaban J connectivity index is 1.78. The van der Waals surface area contributed by atoms with Crippen molar-refractivity contribution in [3.05, 3.63) is 47.2 Å². The number of urea groups is 1. The number of allylic oxidation sites excluding steroid dienone is 1. The van der Waals surface area contributed by atoms with Gasteiger partial charge in [-0.25, -0.2) is 4.79 Å². The number of piperidine rings is 1. The van der Waals surface area contributed by atoms with Crippen LogP contribution in [-0.4, -0.2) is 46.3 Å². The van der Waals surface area contributed by atoms with Gasteiger partial charge in [0, 0.05) is 36.9 Å². The van der Waals surface area contributed by atoms with E-state index in [0.29, 0.717) is 37.2 Å². The summed E-state index contributed by atoms with van der Waals surface area (Å²) >= 11 is 0. The number of hydrogen-bond acceptors (Lipinski definition) is 3. The Kier molecular flexibility index (Phi) is 5.19. The van der Waals surface area contributed by atoms with Crippen molar-refractivity contribution in [1.82, 2.24) is 20.4 Å². The molecule has 4 amide bonds. The third kappa shape index (κ3) is 4.03. The number of nitrogens with one attached hydrogen (secondary N) is 2. The number of benzene rings is 1. The van der Waals surface area contributed by atoms with Crippen LogP contribution in [0, 0.1) is 0 Å². The van der Waals surface area contributed by atoms with Gasteiger partial charge in [0.2, 0.25) is 5.91 Å². The zero-order valence-corrected chi connectivity index (χ0v) is 17.0. The summed E-state index contributed by atoms with van der Waals surface area (Å²) in [4.78, 5) is 40.9. The minimum absolute atomic E-state index is 0.133. The summed E-state index contributed by atoms with van der Waals surface area (Å²) in [6.45, 7) is 10.4. The van der Waals surface area contributed by atoms with Crippen molar-refractivity contribution in [1.29, 1.82) is 0 Å². The van der Waals surface area contributed by atoms with Gasteiger partial charge in [-0.15, -0.1) is 0 Å². The van der Waals surface area contributed by atoms with E-state index in [2.05, 4.69) is 17.2 Å². The minimum atomic E-state index is -0.486. The van der Waals surface area contributed by atoms with Gasteiger partial charge < -0.3 is 20.4 Å². The van der Waals surface area contributed by atoms with Crippen LogP contribution in [-0.2, 0) is 17.9 Å². The molecule has 2 aliphatic heterocycles. The van der Waals surface area contributed by atoms with E-state index >= 15 is 0 Å². The zero-order chi connectivity index (χ0) is 20.6. The first-order chi connectivity index (χ1) is 13.1. The number of nitrogens with zero attached hydrogens (tertiary/aromatic N) is 2. The second-order valence-electron chi connectivity index (χ2n) is 8.56. The summed E-state index contributed by atoms with van der Waals surface area (Å²) in [5.41, 5.74) is 2.78. The molecule has 1 saturated heterocycles. The summed E-state index contributed by atoms with van der Waals surface area (Å²) in [5, 5.41) is 5.68.